The van der Waals surface area contributed by atoms with Crippen LogP contribution in [-0.4, -0.2) is 41.2 Å². The summed E-state index contributed by atoms with van der Waals surface area (Å²) in [7, 11) is 0. The molecule has 1 saturated carbocycles. The number of hydrogen-bond donors (Lipinski definition) is 1. The number of rotatable bonds is 5. The Morgan fingerprint density at radius 1 is 1.21 bits per heavy atom. The van der Waals surface area contributed by atoms with Crippen LogP contribution >= 0.6 is 0 Å². The van der Waals surface area contributed by atoms with E-state index in [0.717, 1.165) is 29.1 Å². The van der Waals surface area contributed by atoms with Crippen LogP contribution in [0.1, 0.15) is 32.6 Å². The monoisotopic (exact) mass is 416 g/mol. The largest absolute Gasteiger partial charge is 0.454 e. The summed E-state index contributed by atoms with van der Waals surface area (Å²) in [6, 6.07) is 4.13. The third-order valence-electron chi connectivity index (χ3n) is 5.51. The summed E-state index contributed by atoms with van der Waals surface area (Å²) >= 11 is 1.03. The van der Waals surface area contributed by atoms with Crippen molar-refractivity contribution in [2.24, 2.45) is 20.6 Å². The number of imide groups is 1. The summed E-state index contributed by atoms with van der Waals surface area (Å²) in [4.78, 5) is 50.7. The molecule has 1 aromatic rings. The summed E-state index contributed by atoms with van der Waals surface area (Å²) in [5.41, 5.74) is 1.69. The molecular formula is C19H20N4O5S. The van der Waals surface area contributed by atoms with Gasteiger partial charge in [-0.25, -0.2) is 4.79 Å². The van der Waals surface area contributed by atoms with E-state index in [4.69, 9.17) is 4.74 Å². The molecule has 2 aliphatic heterocycles. The Hall–Kier alpha value is -2.88. The van der Waals surface area contributed by atoms with Crippen LogP contribution in [0.2, 0.25) is 0 Å². The van der Waals surface area contributed by atoms with Crippen molar-refractivity contribution in [1.82, 2.24) is 4.90 Å². The van der Waals surface area contributed by atoms with Gasteiger partial charge in [-0.2, -0.15) is 8.73 Å². The summed E-state index contributed by atoms with van der Waals surface area (Å²) in [5.74, 6) is -2.61. The van der Waals surface area contributed by atoms with Gasteiger partial charge >= 0.3 is 5.97 Å². The molecule has 3 aliphatic rings. The van der Waals surface area contributed by atoms with Crippen molar-refractivity contribution in [3.63, 3.8) is 0 Å². The molecule has 0 radical (unpaired) electrons. The second-order valence-corrected chi connectivity index (χ2v) is 7.84. The van der Waals surface area contributed by atoms with Gasteiger partial charge in [0.05, 0.1) is 28.9 Å². The molecule has 2 heterocycles. The highest BCUT2D eigenvalue weighted by Gasteiger charge is 2.51. The van der Waals surface area contributed by atoms with Crippen molar-refractivity contribution in [1.29, 1.82) is 0 Å². The molecule has 1 saturated heterocycles. The molecular weight excluding hydrogens is 396 g/mol. The van der Waals surface area contributed by atoms with Gasteiger partial charge in [0.1, 0.15) is 17.4 Å². The number of anilines is 1. The van der Waals surface area contributed by atoms with E-state index < -0.39 is 24.5 Å². The molecule has 4 rings (SSSR count). The third kappa shape index (κ3) is 3.59. The summed E-state index contributed by atoms with van der Waals surface area (Å²) in [6.07, 6.45) is 3.17. The fourth-order valence-corrected chi connectivity index (χ4v) is 4.58. The van der Waals surface area contributed by atoms with Gasteiger partial charge < -0.3 is 10.1 Å². The van der Waals surface area contributed by atoms with Gasteiger partial charge in [-0.3, -0.25) is 19.3 Å². The van der Waals surface area contributed by atoms with E-state index in [0.29, 0.717) is 29.9 Å². The van der Waals surface area contributed by atoms with Gasteiger partial charge in [0.25, 0.3) is 5.91 Å². The van der Waals surface area contributed by atoms with Gasteiger partial charge in [-0.05, 0) is 31.9 Å². The van der Waals surface area contributed by atoms with Gasteiger partial charge in [0.15, 0.2) is 6.61 Å². The van der Waals surface area contributed by atoms with Crippen molar-refractivity contribution >= 4 is 52.1 Å². The number of ether oxygens (including phenoxy) is 1. The first-order valence-corrected chi connectivity index (χ1v) is 10.2. The molecule has 152 valence electrons. The number of amides is 3. The van der Waals surface area contributed by atoms with E-state index in [-0.39, 0.29) is 23.7 Å². The van der Waals surface area contributed by atoms with Gasteiger partial charge in [0.2, 0.25) is 11.8 Å². The van der Waals surface area contributed by atoms with Crippen LogP contribution in [0.5, 0.6) is 0 Å². The number of nitrogens with one attached hydrogen (secondary N) is 1. The number of fused-ring (bicyclic) bond motifs is 2. The predicted molar refractivity (Wildman–Crippen MR) is 104 cm³/mol. The second kappa shape index (κ2) is 7.86. The summed E-state index contributed by atoms with van der Waals surface area (Å²) in [6.45, 7) is 0.926. The smallest absolute Gasteiger partial charge is 0.329 e. The number of carbonyl (C=O) groups is 4. The van der Waals surface area contributed by atoms with Crippen LogP contribution in [0, 0.1) is 11.8 Å². The first-order valence-electron chi connectivity index (χ1n) is 9.52. The van der Waals surface area contributed by atoms with Gasteiger partial charge in [-0.1, -0.05) is 18.9 Å². The number of esters is 1. The van der Waals surface area contributed by atoms with Crippen LogP contribution in [0.15, 0.2) is 26.9 Å². The minimum Gasteiger partial charge on any atom is -0.454 e. The van der Waals surface area contributed by atoms with Gasteiger partial charge in [0, 0.05) is 0 Å². The van der Waals surface area contributed by atoms with Crippen molar-refractivity contribution in [2.75, 3.05) is 11.9 Å². The van der Waals surface area contributed by atoms with Crippen molar-refractivity contribution in [3.8, 4) is 0 Å². The number of benzene rings is 1. The maximum Gasteiger partial charge on any atom is 0.329 e. The van der Waals surface area contributed by atoms with Crippen molar-refractivity contribution in [2.45, 2.75) is 38.6 Å². The molecule has 0 bridgehead atoms. The molecule has 9 nitrogen and oxygen atoms in total. The second-order valence-electron chi connectivity index (χ2n) is 7.31. The Labute approximate surface area is 170 Å². The average Bonchev–Trinajstić information content (AvgIpc) is 3.30. The van der Waals surface area contributed by atoms with Crippen molar-refractivity contribution < 1.29 is 23.9 Å². The molecule has 1 aromatic carbocycles. The molecule has 1 aliphatic carbocycles. The minimum atomic E-state index is -1.06. The molecule has 29 heavy (non-hydrogen) atoms. The zero-order valence-corrected chi connectivity index (χ0v) is 16.6. The normalized spacial score (nSPS) is 23.3. The van der Waals surface area contributed by atoms with Crippen LogP contribution in [0.3, 0.4) is 0 Å². The third-order valence-corrected chi connectivity index (χ3v) is 6.05. The zero-order valence-electron chi connectivity index (χ0n) is 15.8. The SMILES string of the molecule is C[C@@H](C(=O)OCC(=O)Nc1cccc2c1N=S=N2)N1C(=O)[C@H]2CCCC[C@H]2C1=O. The lowest BCUT2D eigenvalue weighted by Gasteiger charge is -2.21. The van der Waals surface area contributed by atoms with Crippen LogP contribution < -0.4 is 5.32 Å². The van der Waals surface area contributed by atoms with Crippen LogP contribution in [-0.2, 0) is 35.3 Å². The van der Waals surface area contributed by atoms with E-state index in [1.165, 1.54) is 6.92 Å². The van der Waals surface area contributed by atoms with E-state index in [1.54, 1.807) is 18.2 Å². The molecule has 0 unspecified atom stereocenters. The Balaban J connectivity index is 1.34. The first kappa shape index (κ1) is 19.4. The fraction of sp³-hybridized carbons (Fsp3) is 0.474. The first-order chi connectivity index (χ1) is 14.0. The zero-order chi connectivity index (χ0) is 20.5. The summed E-state index contributed by atoms with van der Waals surface area (Å²) < 4.78 is 13.3. The minimum absolute atomic E-state index is 0.309. The number of hydrogen-bond acceptors (Lipinski definition) is 7. The molecule has 3 amide bonds. The highest BCUT2D eigenvalue weighted by Crippen LogP contribution is 2.39. The lowest BCUT2D eigenvalue weighted by molar-refractivity contribution is -0.159. The molecule has 3 atom stereocenters. The lowest BCUT2D eigenvalue weighted by atomic mass is 9.81. The topological polar surface area (TPSA) is 118 Å². The summed E-state index contributed by atoms with van der Waals surface area (Å²) in [5, 5.41) is 2.63. The number of carbonyl (C=O) groups excluding carboxylic acids is 4. The lowest BCUT2D eigenvalue weighted by Crippen LogP contribution is -2.45. The number of likely N-dealkylation sites (tertiary alicyclic amines) is 1. The highest BCUT2D eigenvalue weighted by molar-refractivity contribution is 7.58. The Morgan fingerprint density at radius 3 is 2.59 bits per heavy atom. The molecule has 1 N–H and O–H groups in total. The van der Waals surface area contributed by atoms with E-state index in [9.17, 15) is 19.2 Å². The standard InChI is InChI=1S/C19H20N4O5S/c1-10(23-17(25)11-5-2-3-6-12(11)18(23)26)19(27)28-9-15(24)20-13-7-4-8-14-16(13)22-29-21-14/h4,7-8,10-12H,2-3,5-6,9H2,1H3,(H,20,24)/t10-,11-,12+/m0/s1. The van der Waals surface area contributed by atoms with Crippen LogP contribution in [0.4, 0.5) is 17.1 Å². The maximum absolute atomic E-state index is 12.6. The number of nitrogens with zero attached hydrogens (tertiary/aromatic N) is 3. The molecule has 0 aromatic heterocycles. The van der Waals surface area contributed by atoms with E-state index >= 15 is 0 Å². The fourth-order valence-electron chi connectivity index (χ4n) is 4.03. The van der Waals surface area contributed by atoms with Crippen molar-refractivity contribution in [3.05, 3.63) is 18.2 Å². The van der Waals surface area contributed by atoms with Crippen LogP contribution in [0.25, 0.3) is 0 Å². The molecule has 10 heteroatoms. The maximum atomic E-state index is 12.6. The van der Waals surface area contributed by atoms with E-state index in [2.05, 4.69) is 14.0 Å². The molecule has 0 spiro atoms. The average molecular weight is 416 g/mol. The predicted octanol–water partition coefficient (Wildman–Crippen LogP) is 2.46. The van der Waals surface area contributed by atoms with Gasteiger partial charge in [-0.15, -0.1) is 0 Å². The Bertz CT molecular complexity index is 947. The molecule has 2 fully saturated rings. The van der Waals surface area contributed by atoms with E-state index in [1.807, 2.05) is 0 Å². The Morgan fingerprint density at radius 2 is 1.90 bits per heavy atom. The highest BCUT2D eigenvalue weighted by atomic mass is 32.1. The Kier molecular flexibility index (Phi) is 5.27. The quantitative estimate of drug-likeness (QED) is 0.593.